The summed E-state index contributed by atoms with van der Waals surface area (Å²) >= 11 is 0. The van der Waals surface area contributed by atoms with Gasteiger partial charge in [0, 0.05) is 31.7 Å². The number of halogens is 3. The number of nitrogens with zero attached hydrogens (tertiary/aromatic N) is 1. The van der Waals surface area contributed by atoms with Crippen molar-refractivity contribution in [2.75, 3.05) is 26.2 Å². The van der Waals surface area contributed by atoms with Crippen LogP contribution >= 0.6 is 12.4 Å². The minimum absolute atomic E-state index is 0. The van der Waals surface area contributed by atoms with E-state index in [0.717, 1.165) is 13.1 Å². The lowest BCUT2D eigenvalue weighted by Gasteiger charge is -2.17. The van der Waals surface area contributed by atoms with Gasteiger partial charge in [-0.25, -0.2) is 8.78 Å². The van der Waals surface area contributed by atoms with E-state index in [9.17, 15) is 13.6 Å². The standard InChI is InChI=1S/C14H16F2N2O.ClH/c15-12-2-1-3-13(16)11(12)4-14(19)18-7-9-5-17-6-10(9)8-18;/h1-3,9-10,17H,4-8H2;1H/t9-,10+;. The monoisotopic (exact) mass is 302 g/mol. The van der Waals surface area contributed by atoms with Gasteiger partial charge in [-0.3, -0.25) is 4.79 Å². The van der Waals surface area contributed by atoms with Crippen molar-refractivity contribution in [3.8, 4) is 0 Å². The number of carbonyl (C=O) groups is 1. The SMILES string of the molecule is Cl.O=C(Cc1c(F)cccc1F)N1C[C@H]2CNC[C@H]2C1. The van der Waals surface area contributed by atoms with E-state index in [1.807, 2.05) is 0 Å². The molecule has 0 bridgehead atoms. The van der Waals surface area contributed by atoms with Gasteiger partial charge in [-0.05, 0) is 24.0 Å². The summed E-state index contributed by atoms with van der Waals surface area (Å²) in [6.45, 7) is 3.27. The Morgan fingerprint density at radius 3 is 2.30 bits per heavy atom. The smallest absolute Gasteiger partial charge is 0.227 e. The van der Waals surface area contributed by atoms with Crippen LogP contribution in [0.25, 0.3) is 0 Å². The molecule has 1 aromatic carbocycles. The zero-order valence-electron chi connectivity index (χ0n) is 10.9. The van der Waals surface area contributed by atoms with Crippen LogP contribution in [0.3, 0.4) is 0 Å². The van der Waals surface area contributed by atoms with Crippen molar-refractivity contribution in [3.63, 3.8) is 0 Å². The van der Waals surface area contributed by atoms with Crippen molar-refractivity contribution >= 4 is 18.3 Å². The zero-order valence-corrected chi connectivity index (χ0v) is 11.8. The lowest BCUT2D eigenvalue weighted by atomic mass is 10.0. The molecule has 2 heterocycles. The Morgan fingerprint density at radius 2 is 1.75 bits per heavy atom. The van der Waals surface area contributed by atoms with Gasteiger partial charge in [-0.15, -0.1) is 12.4 Å². The molecule has 3 nitrogen and oxygen atoms in total. The van der Waals surface area contributed by atoms with Gasteiger partial charge in [-0.2, -0.15) is 0 Å². The molecule has 2 aliphatic rings. The third-order valence-corrected chi connectivity index (χ3v) is 4.13. The maximum absolute atomic E-state index is 13.5. The number of benzene rings is 1. The maximum atomic E-state index is 13.5. The number of likely N-dealkylation sites (tertiary alicyclic amines) is 1. The first-order valence-corrected chi connectivity index (χ1v) is 6.56. The first kappa shape index (κ1) is 15.2. The zero-order chi connectivity index (χ0) is 13.4. The average Bonchev–Trinajstić information content (AvgIpc) is 2.94. The molecule has 0 saturated carbocycles. The van der Waals surface area contributed by atoms with E-state index in [4.69, 9.17) is 0 Å². The van der Waals surface area contributed by atoms with E-state index in [0.29, 0.717) is 24.9 Å². The number of hydrogen-bond acceptors (Lipinski definition) is 2. The third kappa shape index (κ3) is 2.79. The summed E-state index contributed by atoms with van der Waals surface area (Å²) in [6.07, 6.45) is -0.189. The van der Waals surface area contributed by atoms with Crippen LogP contribution in [-0.4, -0.2) is 37.0 Å². The minimum Gasteiger partial charge on any atom is -0.342 e. The maximum Gasteiger partial charge on any atom is 0.227 e. The second-order valence-electron chi connectivity index (χ2n) is 5.35. The van der Waals surface area contributed by atoms with Gasteiger partial charge < -0.3 is 10.2 Å². The van der Waals surface area contributed by atoms with Crippen LogP contribution in [0, 0.1) is 23.5 Å². The van der Waals surface area contributed by atoms with E-state index in [1.54, 1.807) is 4.90 Å². The topological polar surface area (TPSA) is 32.3 Å². The van der Waals surface area contributed by atoms with E-state index >= 15 is 0 Å². The normalized spacial score (nSPS) is 24.4. The predicted octanol–water partition coefficient (Wildman–Crippen LogP) is 1.61. The van der Waals surface area contributed by atoms with E-state index in [1.165, 1.54) is 18.2 Å². The molecule has 1 amide bonds. The molecule has 3 rings (SSSR count). The molecule has 2 atom stereocenters. The molecule has 20 heavy (non-hydrogen) atoms. The van der Waals surface area contributed by atoms with Crippen molar-refractivity contribution in [3.05, 3.63) is 35.4 Å². The molecule has 0 radical (unpaired) electrons. The fourth-order valence-electron chi connectivity index (χ4n) is 3.02. The Kier molecular flexibility index (Phi) is 4.60. The molecular formula is C14H17ClF2N2O. The lowest BCUT2D eigenvalue weighted by Crippen LogP contribution is -2.33. The summed E-state index contributed by atoms with van der Waals surface area (Å²) in [4.78, 5) is 13.9. The highest BCUT2D eigenvalue weighted by Gasteiger charge is 2.38. The van der Waals surface area contributed by atoms with Crippen molar-refractivity contribution in [2.45, 2.75) is 6.42 Å². The molecule has 2 fully saturated rings. The number of carbonyl (C=O) groups excluding carboxylic acids is 1. The highest BCUT2D eigenvalue weighted by Crippen LogP contribution is 2.27. The lowest BCUT2D eigenvalue weighted by molar-refractivity contribution is -0.129. The summed E-state index contributed by atoms with van der Waals surface area (Å²) < 4.78 is 27.0. The Hall–Kier alpha value is -1.20. The van der Waals surface area contributed by atoms with Gasteiger partial charge in [0.05, 0.1) is 6.42 Å². The fourth-order valence-corrected chi connectivity index (χ4v) is 3.02. The summed E-state index contributed by atoms with van der Waals surface area (Å²) in [5.74, 6) is -0.481. The summed E-state index contributed by atoms with van der Waals surface area (Å²) in [5, 5.41) is 3.29. The van der Waals surface area contributed by atoms with Crippen molar-refractivity contribution in [2.24, 2.45) is 11.8 Å². The molecule has 2 aliphatic heterocycles. The van der Waals surface area contributed by atoms with Crippen LogP contribution in [0.4, 0.5) is 8.78 Å². The first-order chi connectivity index (χ1) is 9.15. The third-order valence-electron chi connectivity index (χ3n) is 4.13. The highest BCUT2D eigenvalue weighted by atomic mass is 35.5. The molecule has 0 unspecified atom stereocenters. The minimum atomic E-state index is -0.644. The molecular weight excluding hydrogens is 286 g/mol. The summed E-state index contributed by atoms with van der Waals surface area (Å²) in [5.41, 5.74) is -0.123. The molecule has 110 valence electrons. The molecule has 2 saturated heterocycles. The highest BCUT2D eigenvalue weighted by molar-refractivity contribution is 5.85. The number of nitrogens with one attached hydrogen (secondary N) is 1. The van der Waals surface area contributed by atoms with Crippen molar-refractivity contribution in [1.29, 1.82) is 0 Å². The second-order valence-corrected chi connectivity index (χ2v) is 5.35. The number of amides is 1. The van der Waals surface area contributed by atoms with Gasteiger partial charge in [0.1, 0.15) is 11.6 Å². The van der Waals surface area contributed by atoms with E-state index in [2.05, 4.69) is 5.32 Å². The molecule has 1 aromatic rings. The van der Waals surface area contributed by atoms with Crippen LogP contribution in [0.1, 0.15) is 5.56 Å². The Labute approximate surface area is 122 Å². The van der Waals surface area contributed by atoms with Gasteiger partial charge in [0.2, 0.25) is 5.91 Å². The van der Waals surface area contributed by atoms with Gasteiger partial charge in [-0.1, -0.05) is 6.07 Å². The number of rotatable bonds is 2. The Morgan fingerprint density at radius 1 is 1.20 bits per heavy atom. The van der Waals surface area contributed by atoms with Crippen LogP contribution in [0.5, 0.6) is 0 Å². The fraction of sp³-hybridized carbons (Fsp3) is 0.500. The summed E-state index contributed by atoms with van der Waals surface area (Å²) in [7, 11) is 0. The van der Waals surface area contributed by atoms with Crippen LogP contribution in [0.2, 0.25) is 0 Å². The Bertz CT molecular complexity index is 480. The number of hydrogen-bond donors (Lipinski definition) is 1. The summed E-state index contributed by atoms with van der Waals surface area (Å²) in [6, 6.07) is 3.69. The van der Waals surface area contributed by atoms with Crippen molar-refractivity contribution < 1.29 is 13.6 Å². The second kappa shape index (κ2) is 6.06. The Balaban J connectivity index is 0.00000147. The number of fused-ring (bicyclic) bond motifs is 1. The quantitative estimate of drug-likeness (QED) is 0.900. The average molecular weight is 303 g/mol. The predicted molar refractivity (Wildman–Crippen MR) is 73.7 cm³/mol. The van der Waals surface area contributed by atoms with Gasteiger partial charge in [0.15, 0.2) is 0 Å². The van der Waals surface area contributed by atoms with E-state index < -0.39 is 11.6 Å². The van der Waals surface area contributed by atoms with Crippen LogP contribution < -0.4 is 5.32 Å². The molecule has 0 aliphatic carbocycles. The molecule has 0 aromatic heterocycles. The molecule has 1 N–H and O–H groups in total. The largest absolute Gasteiger partial charge is 0.342 e. The van der Waals surface area contributed by atoms with Gasteiger partial charge in [0.25, 0.3) is 0 Å². The first-order valence-electron chi connectivity index (χ1n) is 6.56. The van der Waals surface area contributed by atoms with Gasteiger partial charge >= 0.3 is 0 Å². The van der Waals surface area contributed by atoms with Crippen molar-refractivity contribution in [1.82, 2.24) is 10.2 Å². The molecule has 0 spiro atoms. The van der Waals surface area contributed by atoms with E-state index in [-0.39, 0.29) is 30.3 Å². The van der Waals surface area contributed by atoms with Crippen LogP contribution in [-0.2, 0) is 11.2 Å². The molecule has 6 heteroatoms. The van der Waals surface area contributed by atoms with Crippen LogP contribution in [0.15, 0.2) is 18.2 Å².